The first-order valence-corrected chi connectivity index (χ1v) is 8.26. The minimum absolute atomic E-state index is 0.139. The highest BCUT2D eigenvalue weighted by Gasteiger charge is 2.19. The molecule has 1 N–H and O–H groups in total. The van der Waals surface area contributed by atoms with Crippen LogP contribution < -0.4 is 10.1 Å². The van der Waals surface area contributed by atoms with Gasteiger partial charge in [-0.3, -0.25) is 9.59 Å². The summed E-state index contributed by atoms with van der Waals surface area (Å²) in [5.74, 6) is 0.270. The Labute approximate surface area is 152 Å². The van der Waals surface area contributed by atoms with Crippen LogP contribution in [0.3, 0.4) is 0 Å². The summed E-state index contributed by atoms with van der Waals surface area (Å²) in [6, 6.07) is 14.1. The van der Waals surface area contributed by atoms with Gasteiger partial charge in [0.15, 0.2) is 6.10 Å². The lowest BCUT2D eigenvalue weighted by Crippen LogP contribution is -2.37. The summed E-state index contributed by atoms with van der Waals surface area (Å²) in [5.41, 5.74) is 1.51. The van der Waals surface area contributed by atoms with Crippen LogP contribution >= 0.6 is 11.6 Å². The molecule has 5 nitrogen and oxygen atoms in total. The Bertz CT molecular complexity index is 747. The molecule has 0 saturated carbocycles. The zero-order chi connectivity index (χ0) is 18.4. The second-order valence-electron chi connectivity index (χ2n) is 5.69. The first-order valence-electron chi connectivity index (χ1n) is 7.89. The molecule has 0 spiro atoms. The lowest BCUT2D eigenvalue weighted by atomic mass is 10.1. The van der Waals surface area contributed by atoms with Crippen LogP contribution in [0.2, 0.25) is 5.02 Å². The molecule has 1 unspecified atom stereocenters. The van der Waals surface area contributed by atoms with E-state index < -0.39 is 6.10 Å². The molecule has 2 aromatic rings. The molecule has 6 heteroatoms. The number of carbonyl (C=O) groups excluding carboxylic acids is 2. The van der Waals surface area contributed by atoms with Crippen LogP contribution in [0, 0.1) is 0 Å². The van der Waals surface area contributed by atoms with Gasteiger partial charge >= 0.3 is 0 Å². The molecule has 2 rings (SSSR count). The number of hydrogen-bond acceptors (Lipinski definition) is 3. The predicted molar refractivity (Wildman–Crippen MR) is 97.8 cm³/mol. The summed E-state index contributed by atoms with van der Waals surface area (Å²) >= 11 is 5.92. The third-order valence-corrected chi connectivity index (χ3v) is 3.93. The number of benzene rings is 2. The zero-order valence-electron chi connectivity index (χ0n) is 14.5. The van der Waals surface area contributed by atoms with Gasteiger partial charge in [0.1, 0.15) is 5.75 Å². The van der Waals surface area contributed by atoms with Gasteiger partial charge in [0.25, 0.3) is 11.8 Å². The Kier molecular flexibility index (Phi) is 6.42. The summed E-state index contributed by atoms with van der Waals surface area (Å²) in [4.78, 5) is 25.6. The van der Waals surface area contributed by atoms with Gasteiger partial charge in [0.2, 0.25) is 0 Å². The highest BCUT2D eigenvalue weighted by atomic mass is 35.5. The molecule has 0 fully saturated rings. The summed E-state index contributed by atoms with van der Waals surface area (Å²) in [5, 5.41) is 3.13. The fourth-order valence-electron chi connectivity index (χ4n) is 2.36. The van der Waals surface area contributed by atoms with Crippen molar-refractivity contribution in [3.8, 4) is 5.75 Å². The lowest BCUT2D eigenvalue weighted by molar-refractivity contribution is -0.137. The van der Waals surface area contributed by atoms with E-state index in [4.69, 9.17) is 16.3 Å². The predicted octanol–water partition coefficient (Wildman–Crippen LogP) is 3.13. The van der Waals surface area contributed by atoms with E-state index in [0.717, 1.165) is 5.56 Å². The van der Waals surface area contributed by atoms with Gasteiger partial charge in [0.05, 0.1) is 0 Å². The molecule has 0 radical (unpaired) electrons. The van der Waals surface area contributed by atoms with Crippen molar-refractivity contribution in [2.24, 2.45) is 0 Å². The monoisotopic (exact) mass is 360 g/mol. The number of nitrogens with one attached hydrogen (secondary N) is 1. The van der Waals surface area contributed by atoms with Crippen LogP contribution in [0.15, 0.2) is 48.5 Å². The Morgan fingerprint density at radius 2 is 1.88 bits per heavy atom. The van der Waals surface area contributed by atoms with E-state index >= 15 is 0 Å². The van der Waals surface area contributed by atoms with Gasteiger partial charge in [-0.2, -0.15) is 0 Å². The molecule has 0 bridgehead atoms. The van der Waals surface area contributed by atoms with E-state index in [2.05, 4.69) is 5.32 Å². The summed E-state index contributed by atoms with van der Waals surface area (Å²) in [6.45, 7) is 2.13. The van der Waals surface area contributed by atoms with Gasteiger partial charge in [0, 0.05) is 31.2 Å². The summed E-state index contributed by atoms with van der Waals surface area (Å²) in [7, 11) is 3.30. The molecule has 0 aromatic heterocycles. The van der Waals surface area contributed by atoms with E-state index in [1.807, 2.05) is 12.1 Å². The molecule has 0 saturated heterocycles. The van der Waals surface area contributed by atoms with Gasteiger partial charge in [-0.15, -0.1) is 0 Å². The molecule has 1 atom stereocenters. The maximum absolute atomic E-state index is 12.5. The molecule has 2 amide bonds. The molecule has 0 heterocycles. The minimum atomic E-state index is -0.631. The molecule has 0 aliphatic rings. The highest BCUT2D eigenvalue weighted by Crippen LogP contribution is 2.19. The standard InChI is InChI=1S/C19H21ClN2O3/c1-13(25-17-6-4-5-16(20)11-17)19(24)22(3)12-14-7-9-15(10-8-14)18(23)21-2/h4-11,13H,12H2,1-3H3,(H,21,23). The van der Waals surface area contributed by atoms with Crippen molar-refractivity contribution in [1.29, 1.82) is 0 Å². The second-order valence-corrected chi connectivity index (χ2v) is 6.12. The van der Waals surface area contributed by atoms with Crippen molar-refractivity contribution < 1.29 is 14.3 Å². The minimum Gasteiger partial charge on any atom is -0.481 e. The highest BCUT2D eigenvalue weighted by molar-refractivity contribution is 6.30. The van der Waals surface area contributed by atoms with Crippen LogP contribution in [0.5, 0.6) is 5.75 Å². The molecule has 25 heavy (non-hydrogen) atoms. The maximum Gasteiger partial charge on any atom is 0.263 e. The Balaban J connectivity index is 1.96. The maximum atomic E-state index is 12.5. The van der Waals surface area contributed by atoms with E-state index in [9.17, 15) is 9.59 Å². The number of amides is 2. The lowest BCUT2D eigenvalue weighted by Gasteiger charge is -2.22. The van der Waals surface area contributed by atoms with Crippen molar-refractivity contribution in [3.05, 3.63) is 64.7 Å². The average molecular weight is 361 g/mol. The van der Waals surface area contributed by atoms with Crippen LogP contribution in [0.4, 0.5) is 0 Å². The van der Waals surface area contributed by atoms with Gasteiger partial charge in [-0.1, -0.05) is 29.8 Å². The second kappa shape index (κ2) is 8.53. The van der Waals surface area contributed by atoms with E-state index in [1.165, 1.54) is 0 Å². The molecule has 0 aliphatic carbocycles. The number of halogens is 1. The number of ether oxygens (including phenoxy) is 1. The van der Waals surface area contributed by atoms with Gasteiger partial charge < -0.3 is 15.0 Å². The van der Waals surface area contributed by atoms with Crippen molar-refractivity contribution >= 4 is 23.4 Å². The number of nitrogens with zero attached hydrogens (tertiary/aromatic N) is 1. The van der Waals surface area contributed by atoms with Gasteiger partial charge in [-0.05, 0) is 42.8 Å². The quantitative estimate of drug-likeness (QED) is 0.861. The molecule has 0 aliphatic heterocycles. The molecular weight excluding hydrogens is 340 g/mol. The topological polar surface area (TPSA) is 58.6 Å². The van der Waals surface area contributed by atoms with Crippen molar-refractivity contribution in [3.63, 3.8) is 0 Å². The third-order valence-electron chi connectivity index (χ3n) is 3.70. The van der Waals surface area contributed by atoms with Crippen molar-refractivity contribution in [1.82, 2.24) is 10.2 Å². The first-order chi connectivity index (χ1) is 11.9. The number of hydrogen-bond donors (Lipinski definition) is 1. The van der Waals surface area contributed by atoms with Gasteiger partial charge in [-0.25, -0.2) is 0 Å². The van der Waals surface area contributed by atoms with E-state index in [1.54, 1.807) is 62.3 Å². The van der Waals surface area contributed by atoms with E-state index in [-0.39, 0.29) is 11.8 Å². The first kappa shape index (κ1) is 18.8. The number of carbonyl (C=O) groups is 2. The fourth-order valence-corrected chi connectivity index (χ4v) is 2.54. The number of likely N-dealkylation sites (N-methyl/N-ethyl adjacent to an activating group) is 1. The zero-order valence-corrected chi connectivity index (χ0v) is 15.2. The molecular formula is C19H21ClN2O3. The average Bonchev–Trinajstić information content (AvgIpc) is 2.61. The van der Waals surface area contributed by atoms with Crippen molar-refractivity contribution in [2.45, 2.75) is 19.6 Å². The SMILES string of the molecule is CNC(=O)c1ccc(CN(C)C(=O)C(C)Oc2cccc(Cl)c2)cc1. The van der Waals surface area contributed by atoms with E-state index in [0.29, 0.717) is 22.9 Å². The fraction of sp³-hybridized carbons (Fsp3) is 0.263. The Morgan fingerprint density at radius 3 is 2.48 bits per heavy atom. The third kappa shape index (κ3) is 5.22. The van der Waals surface area contributed by atoms with Crippen LogP contribution in [0.1, 0.15) is 22.8 Å². The molecule has 2 aromatic carbocycles. The summed E-state index contributed by atoms with van der Waals surface area (Å²) in [6.07, 6.45) is -0.631. The van der Waals surface area contributed by atoms with Crippen LogP contribution in [-0.2, 0) is 11.3 Å². The smallest absolute Gasteiger partial charge is 0.263 e. The summed E-state index contributed by atoms with van der Waals surface area (Å²) < 4.78 is 5.65. The number of rotatable bonds is 6. The van der Waals surface area contributed by atoms with Crippen molar-refractivity contribution in [2.75, 3.05) is 14.1 Å². The van der Waals surface area contributed by atoms with Crippen LogP contribution in [-0.4, -0.2) is 36.9 Å². The Hall–Kier alpha value is -2.53. The molecule has 132 valence electrons. The Morgan fingerprint density at radius 1 is 1.20 bits per heavy atom. The van der Waals surface area contributed by atoms with Crippen LogP contribution in [0.25, 0.3) is 0 Å². The normalized spacial score (nSPS) is 11.5. The largest absolute Gasteiger partial charge is 0.481 e.